The van der Waals surface area contributed by atoms with Gasteiger partial charge in [0.1, 0.15) is 17.7 Å². The summed E-state index contributed by atoms with van der Waals surface area (Å²) in [6, 6.07) is 4.77. The van der Waals surface area contributed by atoms with Crippen molar-refractivity contribution >= 4 is 11.6 Å². The third kappa shape index (κ3) is 3.70. The molecule has 1 aliphatic carbocycles. The van der Waals surface area contributed by atoms with E-state index >= 15 is 0 Å². The molecule has 0 spiro atoms. The zero-order chi connectivity index (χ0) is 14.7. The SMILES string of the molecule is Fc1ccc2c(c1)CC(CNCC1CCCCC1CCl)O2. The molecule has 1 fully saturated rings. The number of ether oxygens (including phenoxy) is 1. The van der Waals surface area contributed by atoms with Crippen molar-refractivity contribution in [3.63, 3.8) is 0 Å². The fraction of sp³-hybridized carbons (Fsp3) is 0.647. The van der Waals surface area contributed by atoms with E-state index in [9.17, 15) is 4.39 Å². The summed E-state index contributed by atoms with van der Waals surface area (Å²) in [7, 11) is 0. The molecule has 1 aliphatic heterocycles. The van der Waals surface area contributed by atoms with E-state index in [1.54, 1.807) is 12.1 Å². The standard InChI is InChI=1S/C17H23ClFNO/c18-9-12-3-1-2-4-13(12)10-20-11-16-8-14-7-15(19)5-6-17(14)21-16/h5-7,12-13,16,20H,1-4,8-11H2. The minimum Gasteiger partial charge on any atom is -0.488 e. The molecule has 1 heterocycles. The van der Waals surface area contributed by atoms with Gasteiger partial charge in [-0.3, -0.25) is 0 Å². The predicted molar refractivity (Wildman–Crippen MR) is 83.6 cm³/mol. The number of rotatable bonds is 5. The Morgan fingerprint density at radius 3 is 2.81 bits per heavy atom. The molecule has 0 amide bonds. The molecule has 116 valence electrons. The van der Waals surface area contributed by atoms with Gasteiger partial charge in [0.05, 0.1) is 0 Å². The van der Waals surface area contributed by atoms with Crippen LogP contribution in [-0.2, 0) is 6.42 Å². The Bertz CT molecular complexity index is 482. The Balaban J connectivity index is 1.44. The summed E-state index contributed by atoms with van der Waals surface area (Å²) in [4.78, 5) is 0. The van der Waals surface area contributed by atoms with Crippen LogP contribution in [0.5, 0.6) is 5.75 Å². The zero-order valence-corrected chi connectivity index (χ0v) is 13.0. The summed E-state index contributed by atoms with van der Waals surface area (Å²) in [5.74, 6) is 2.77. The summed E-state index contributed by atoms with van der Waals surface area (Å²) in [5.41, 5.74) is 0.984. The normalized spacial score (nSPS) is 28.2. The van der Waals surface area contributed by atoms with E-state index in [1.807, 2.05) is 0 Å². The van der Waals surface area contributed by atoms with Gasteiger partial charge < -0.3 is 10.1 Å². The molecule has 1 N–H and O–H groups in total. The van der Waals surface area contributed by atoms with Crippen LogP contribution in [0.2, 0.25) is 0 Å². The van der Waals surface area contributed by atoms with Gasteiger partial charge in [-0.25, -0.2) is 4.39 Å². The highest BCUT2D eigenvalue weighted by Crippen LogP contribution is 2.31. The molecule has 0 saturated heterocycles. The highest BCUT2D eigenvalue weighted by Gasteiger charge is 2.26. The van der Waals surface area contributed by atoms with Gasteiger partial charge in [-0.05, 0) is 49.4 Å². The van der Waals surface area contributed by atoms with Crippen LogP contribution in [0.15, 0.2) is 18.2 Å². The second-order valence-corrected chi connectivity index (χ2v) is 6.62. The van der Waals surface area contributed by atoms with Crippen molar-refractivity contribution in [2.75, 3.05) is 19.0 Å². The maximum Gasteiger partial charge on any atom is 0.123 e. The van der Waals surface area contributed by atoms with E-state index < -0.39 is 0 Å². The van der Waals surface area contributed by atoms with Crippen LogP contribution in [0.25, 0.3) is 0 Å². The molecule has 3 rings (SSSR count). The number of halogens is 2. The molecular weight excluding hydrogens is 289 g/mol. The van der Waals surface area contributed by atoms with Crippen molar-refractivity contribution in [1.29, 1.82) is 0 Å². The van der Waals surface area contributed by atoms with Crippen molar-refractivity contribution in [2.45, 2.75) is 38.2 Å². The van der Waals surface area contributed by atoms with Crippen molar-refractivity contribution in [3.05, 3.63) is 29.6 Å². The molecule has 0 radical (unpaired) electrons. The lowest BCUT2D eigenvalue weighted by atomic mass is 9.80. The van der Waals surface area contributed by atoms with Crippen molar-refractivity contribution in [2.24, 2.45) is 11.8 Å². The zero-order valence-electron chi connectivity index (χ0n) is 12.3. The monoisotopic (exact) mass is 311 g/mol. The van der Waals surface area contributed by atoms with Crippen LogP contribution in [0.4, 0.5) is 4.39 Å². The molecule has 0 bridgehead atoms. The summed E-state index contributed by atoms with van der Waals surface area (Å²) in [6.07, 6.45) is 6.11. The molecule has 1 aromatic rings. The van der Waals surface area contributed by atoms with Gasteiger partial charge in [-0.15, -0.1) is 11.6 Å². The Kier molecular flexibility index (Phi) is 5.02. The summed E-state index contributed by atoms with van der Waals surface area (Å²) in [6.45, 7) is 1.84. The quantitative estimate of drug-likeness (QED) is 0.836. The lowest BCUT2D eigenvalue weighted by Gasteiger charge is -2.30. The van der Waals surface area contributed by atoms with Gasteiger partial charge in [-0.1, -0.05) is 12.8 Å². The molecule has 2 aliphatic rings. The fourth-order valence-electron chi connectivity index (χ4n) is 3.59. The number of nitrogens with one attached hydrogen (secondary N) is 1. The van der Waals surface area contributed by atoms with Gasteiger partial charge in [0.2, 0.25) is 0 Å². The topological polar surface area (TPSA) is 21.3 Å². The van der Waals surface area contributed by atoms with Gasteiger partial charge >= 0.3 is 0 Å². The van der Waals surface area contributed by atoms with E-state index in [0.29, 0.717) is 11.8 Å². The van der Waals surface area contributed by atoms with Gasteiger partial charge in [0, 0.05) is 24.4 Å². The Hall–Kier alpha value is -0.800. The van der Waals surface area contributed by atoms with Crippen molar-refractivity contribution < 1.29 is 9.13 Å². The first kappa shape index (κ1) is 15.1. The number of hydrogen-bond acceptors (Lipinski definition) is 2. The van der Waals surface area contributed by atoms with Gasteiger partial charge in [0.25, 0.3) is 0 Å². The Morgan fingerprint density at radius 1 is 1.19 bits per heavy atom. The van der Waals surface area contributed by atoms with E-state index in [1.165, 1.54) is 31.7 Å². The highest BCUT2D eigenvalue weighted by molar-refractivity contribution is 6.18. The molecule has 1 aromatic carbocycles. The predicted octanol–water partition coefficient (Wildman–Crippen LogP) is 3.76. The first-order valence-corrected chi connectivity index (χ1v) is 8.51. The lowest BCUT2D eigenvalue weighted by Crippen LogP contribution is -2.36. The second kappa shape index (κ2) is 6.97. The maximum atomic E-state index is 13.2. The third-order valence-corrected chi connectivity index (χ3v) is 5.20. The van der Waals surface area contributed by atoms with Gasteiger partial charge in [-0.2, -0.15) is 0 Å². The molecular formula is C17H23ClFNO. The fourth-order valence-corrected chi connectivity index (χ4v) is 4.00. The van der Waals surface area contributed by atoms with E-state index in [0.717, 1.165) is 36.7 Å². The van der Waals surface area contributed by atoms with Crippen LogP contribution in [0.1, 0.15) is 31.2 Å². The van der Waals surface area contributed by atoms with Crippen LogP contribution in [-0.4, -0.2) is 25.1 Å². The molecule has 3 unspecified atom stereocenters. The Labute approximate surface area is 131 Å². The summed E-state index contributed by atoms with van der Waals surface area (Å²) in [5, 5.41) is 3.53. The van der Waals surface area contributed by atoms with Crippen LogP contribution in [0.3, 0.4) is 0 Å². The Morgan fingerprint density at radius 2 is 2.00 bits per heavy atom. The third-order valence-electron chi connectivity index (χ3n) is 4.81. The maximum absolute atomic E-state index is 13.2. The minimum atomic E-state index is -0.182. The largest absolute Gasteiger partial charge is 0.488 e. The number of hydrogen-bond donors (Lipinski definition) is 1. The van der Waals surface area contributed by atoms with E-state index in [2.05, 4.69) is 5.32 Å². The first-order chi connectivity index (χ1) is 10.3. The number of alkyl halides is 1. The number of benzene rings is 1. The molecule has 0 aromatic heterocycles. The van der Waals surface area contributed by atoms with Crippen LogP contribution < -0.4 is 10.1 Å². The summed E-state index contributed by atoms with van der Waals surface area (Å²) >= 11 is 6.07. The van der Waals surface area contributed by atoms with E-state index in [-0.39, 0.29) is 11.9 Å². The van der Waals surface area contributed by atoms with Crippen molar-refractivity contribution in [1.82, 2.24) is 5.32 Å². The molecule has 4 heteroatoms. The van der Waals surface area contributed by atoms with E-state index in [4.69, 9.17) is 16.3 Å². The minimum absolute atomic E-state index is 0.125. The second-order valence-electron chi connectivity index (χ2n) is 6.31. The number of fused-ring (bicyclic) bond motifs is 1. The lowest BCUT2D eigenvalue weighted by molar-refractivity contribution is 0.207. The van der Waals surface area contributed by atoms with Crippen LogP contribution in [0, 0.1) is 17.7 Å². The molecule has 2 nitrogen and oxygen atoms in total. The smallest absolute Gasteiger partial charge is 0.123 e. The molecule has 3 atom stereocenters. The first-order valence-electron chi connectivity index (χ1n) is 7.98. The molecule has 1 saturated carbocycles. The average molecular weight is 312 g/mol. The van der Waals surface area contributed by atoms with Crippen molar-refractivity contribution in [3.8, 4) is 5.75 Å². The highest BCUT2D eigenvalue weighted by atomic mass is 35.5. The summed E-state index contributed by atoms with van der Waals surface area (Å²) < 4.78 is 19.0. The average Bonchev–Trinajstić information content (AvgIpc) is 2.89. The van der Waals surface area contributed by atoms with Gasteiger partial charge in [0.15, 0.2) is 0 Å². The molecule has 21 heavy (non-hydrogen) atoms. The van der Waals surface area contributed by atoms with Crippen LogP contribution >= 0.6 is 11.6 Å².